The molecule has 0 fully saturated rings. The summed E-state index contributed by atoms with van der Waals surface area (Å²) in [6, 6.07) is 4.60. The predicted octanol–water partition coefficient (Wildman–Crippen LogP) is 1.31. The second-order valence-electron chi connectivity index (χ2n) is 5.10. The molecule has 0 aliphatic rings. The van der Waals surface area contributed by atoms with E-state index in [1.54, 1.807) is 38.5 Å². The lowest BCUT2D eigenvalue weighted by molar-refractivity contribution is -0.131. The van der Waals surface area contributed by atoms with Crippen LogP contribution < -0.4 is 5.32 Å². The minimum atomic E-state index is -0.510. The molecule has 1 aromatic heterocycles. The second kappa shape index (κ2) is 6.87. The summed E-state index contributed by atoms with van der Waals surface area (Å²) in [4.78, 5) is 29.5. The van der Waals surface area contributed by atoms with Gasteiger partial charge < -0.3 is 10.2 Å². The van der Waals surface area contributed by atoms with Gasteiger partial charge in [0.1, 0.15) is 11.7 Å². The summed E-state index contributed by atoms with van der Waals surface area (Å²) >= 11 is 0. The fourth-order valence-corrected chi connectivity index (χ4v) is 1.73. The number of nitrogens with zero attached hydrogens (tertiary/aromatic N) is 2. The monoisotopic (exact) mass is 263 g/mol. The van der Waals surface area contributed by atoms with Crippen molar-refractivity contribution in [3.05, 3.63) is 30.1 Å². The van der Waals surface area contributed by atoms with Crippen molar-refractivity contribution in [1.82, 2.24) is 15.2 Å². The summed E-state index contributed by atoms with van der Waals surface area (Å²) in [6.07, 6.45) is 2.16. The first kappa shape index (κ1) is 15.1. The van der Waals surface area contributed by atoms with E-state index in [1.165, 1.54) is 4.90 Å². The molecule has 0 aliphatic carbocycles. The molecule has 1 atom stereocenters. The highest BCUT2D eigenvalue weighted by molar-refractivity contribution is 5.95. The lowest BCUT2D eigenvalue weighted by atomic mass is 10.0. The van der Waals surface area contributed by atoms with E-state index in [0.29, 0.717) is 18.0 Å². The number of likely N-dealkylation sites (N-methyl/N-ethyl adjacent to an activating group) is 1. The quantitative estimate of drug-likeness (QED) is 0.871. The van der Waals surface area contributed by atoms with E-state index in [2.05, 4.69) is 10.3 Å². The molecule has 1 N–H and O–H groups in total. The molecular formula is C14H21N3O2. The SMILES string of the molecule is CC(C)C[C@H](NC(=O)c1ccccn1)C(=O)N(C)C. The number of hydrogen-bond acceptors (Lipinski definition) is 3. The molecule has 19 heavy (non-hydrogen) atoms. The number of carbonyl (C=O) groups excluding carboxylic acids is 2. The Kier molecular flexibility index (Phi) is 5.48. The third-order valence-corrected chi connectivity index (χ3v) is 2.65. The molecule has 1 heterocycles. The molecule has 0 unspecified atom stereocenters. The smallest absolute Gasteiger partial charge is 0.270 e. The van der Waals surface area contributed by atoms with Gasteiger partial charge in [-0.1, -0.05) is 19.9 Å². The van der Waals surface area contributed by atoms with Crippen LogP contribution in [0.4, 0.5) is 0 Å². The zero-order chi connectivity index (χ0) is 14.4. The van der Waals surface area contributed by atoms with Crippen molar-refractivity contribution in [3.8, 4) is 0 Å². The third-order valence-electron chi connectivity index (χ3n) is 2.65. The molecular weight excluding hydrogens is 242 g/mol. The Balaban J connectivity index is 2.77. The Hall–Kier alpha value is -1.91. The summed E-state index contributed by atoms with van der Waals surface area (Å²) in [7, 11) is 3.37. The maximum atomic E-state index is 12.0. The second-order valence-corrected chi connectivity index (χ2v) is 5.10. The van der Waals surface area contributed by atoms with E-state index in [-0.39, 0.29) is 11.8 Å². The van der Waals surface area contributed by atoms with Crippen molar-refractivity contribution in [2.75, 3.05) is 14.1 Å². The molecule has 0 aromatic carbocycles. The summed E-state index contributed by atoms with van der Waals surface area (Å²) in [5.41, 5.74) is 0.322. The number of aromatic nitrogens is 1. The van der Waals surface area contributed by atoms with E-state index in [9.17, 15) is 9.59 Å². The maximum Gasteiger partial charge on any atom is 0.270 e. The average molecular weight is 263 g/mol. The highest BCUT2D eigenvalue weighted by Crippen LogP contribution is 2.08. The molecule has 0 saturated carbocycles. The zero-order valence-corrected chi connectivity index (χ0v) is 11.9. The lowest BCUT2D eigenvalue weighted by Gasteiger charge is -2.23. The number of pyridine rings is 1. The molecule has 2 amide bonds. The molecule has 0 aliphatic heterocycles. The summed E-state index contributed by atoms with van der Waals surface area (Å²) in [5, 5.41) is 2.75. The van der Waals surface area contributed by atoms with Gasteiger partial charge in [0.05, 0.1) is 0 Å². The van der Waals surface area contributed by atoms with Crippen LogP contribution in [0.5, 0.6) is 0 Å². The minimum Gasteiger partial charge on any atom is -0.347 e. The highest BCUT2D eigenvalue weighted by Gasteiger charge is 2.24. The van der Waals surface area contributed by atoms with Gasteiger partial charge in [-0.05, 0) is 24.5 Å². The molecule has 0 radical (unpaired) electrons. The van der Waals surface area contributed by atoms with Gasteiger partial charge in [-0.25, -0.2) is 0 Å². The van der Waals surface area contributed by atoms with Crippen LogP contribution in [0.15, 0.2) is 24.4 Å². The largest absolute Gasteiger partial charge is 0.347 e. The first-order valence-electron chi connectivity index (χ1n) is 6.35. The van der Waals surface area contributed by atoms with Crippen LogP contribution >= 0.6 is 0 Å². The van der Waals surface area contributed by atoms with Crippen LogP contribution in [0.1, 0.15) is 30.8 Å². The fourth-order valence-electron chi connectivity index (χ4n) is 1.73. The first-order valence-corrected chi connectivity index (χ1v) is 6.35. The van der Waals surface area contributed by atoms with Crippen molar-refractivity contribution in [1.29, 1.82) is 0 Å². The van der Waals surface area contributed by atoms with Gasteiger partial charge in [-0.3, -0.25) is 14.6 Å². The van der Waals surface area contributed by atoms with Crippen molar-refractivity contribution in [3.63, 3.8) is 0 Å². The Bertz CT molecular complexity index is 430. The van der Waals surface area contributed by atoms with Crippen LogP contribution in [0.3, 0.4) is 0 Å². The minimum absolute atomic E-state index is 0.0991. The standard InChI is InChI=1S/C14H21N3O2/c1-10(2)9-12(14(19)17(3)4)16-13(18)11-7-5-6-8-15-11/h5-8,10,12H,9H2,1-4H3,(H,16,18)/t12-/m0/s1. The van der Waals surface area contributed by atoms with Gasteiger partial charge in [0.25, 0.3) is 5.91 Å². The molecule has 5 heteroatoms. The normalized spacial score (nSPS) is 12.1. The van der Waals surface area contributed by atoms with Gasteiger partial charge >= 0.3 is 0 Å². The third kappa shape index (κ3) is 4.69. The van der Waals surface area contributed by atoms with Crippen LogP contribution in [0, 0.1) is 5.92 Å². The van der Waals surface area contributed by atoms with Crippen LogP contribution in [0.25, 0.3) is 0 Å². The van der Waals surface area contributed by atoms with E-state index >= 15 is 0 Å². The zero-order valence-electron chi connectivity index (χ0n) is 11.9. The van der Waals surface area contributed by atoms with Crippen LogP contribution in [0.2, 0.25) is 0 Å². The molecule has 1 rings (SSSR count). The van der Waals surface area contributed by atoms with Gasteiger partial charge in [0.2, 0.25) is 5.91 Å². The van der Waals surface area contributed by atoms with Crippen molar-refractivity contribution in [2.24, 2.45) is 5.92 Å². The fraction of sp³-hybridized carbons (Fsp3) is 0.500. The number of hydrogen-bond donors (Lipinski definition) is 1. The first-order chi connectivity index (χ1) is 8.91. The maximum absolute atomic E-state index is 12.0. The predicted molar refractivity (Wildman–Crippen MR) is 73.6 cm³/mol. The topological polar surface area (TPSA) is 62.3 Å². The van der Waals surface area contributed by atoms with Gasteiger partial charge in [0, 0.05) is 20.3 Å². The van der Waals surface area contributed by atoms with Crippen LogP contribution in [-0.4, -0.2) is 41.8 Å². The van der Waals surface area contributed by atoms with E-state index in [0.717, 1.165) is 0 Å². The Morgan fingerprint density at radius 3 is 2.47 bits per heavy atom. The lowest BCUT2D eigenvalue weighted by Crippen LogP contribution is -2.47. The molecule has 0 saturated heterocycles. The summed E-state index contributed by atoms with van der Waals surface area (Å²) in [6.45, 7) is 4.03. The van der Waals surface area contributed by atoms with Gasteiger partial charge in [-0.15, -0.1) is 0 Å². The van der Waals surface area contributed by atoms with Crippen molar-refractivity contribution >= 4 is 11.8 Å². The van der Waals surface area contributed by atoms with Gasteiger partial charge in [0.15, 0.2) is 0 Å². The number of amides is 2. The number of nitrogens with one attached hydrogen (secondary N) is 1. The average Bonchev–Trinajstić information content (AvgIpc) is 2.37. The van der Waals surface area contributed by atoms with E-state index < -0.39 is 6.04 Å². The van der Waals surface area contributed by atoms with Gasteiger partial charge in [-0.2, -0.15) is 0 Å². The summed E-state index contributed by atoms with van der Waals surface area (Å²) in [5.74, 6) is -0.0997. The molecule has 5 nitrogen and oxygen atoms in total. The van der Waals surface area contributed by atoms with Crippen molar-refractivity contribution < 1.29 is 9.59 Å². The Morgan fingerprint density at radius 1 is 1.32 bits per heavy atom. The Labute approximate surface area is 114 Å². The van der Waals surface area contributed by atoms with Crippen LogP contribution in [-0.2, 0) is 4.79 Å². The molecule has 0 bridgehead atoms. The molecule has 0 spiro atoms. The van der Waals surface area contributed by atoms with Crippen molar-refractivity contribution in [2.45, 2.75) is 26.3 Å². The summed E-state index contributed by atoms with van der Waals surface area (Å²) < 4.78 is 0. The number of carbonyl (C=O) groups is 2. The molecule has 104 valence electrons. The Morgan fingerprint density at radius 2 is 2.00 bits per heavy atom. The van der Waals surface area contributed by atoms with E-state index in [1.807, 2.05) is 13.8 Å². The van der Waals surface area contributed by atoms with E-state index in [4.69, 9.17) is 0 Å². The molecule has 1 aromatic rings. The number of rotatable bonds is 5. The highest BCUT2D eigenvalue weighted by atomic mass is 16.2.